The maximum atomic E-state index is 4.03. The largest absolute Gasteiger partial charge is 0.302 e. The van der Waals surface area contributed by atoms with E-state index in [0.717, 1.165) is 24.3 Å². The highest BCUT2D eigenvalue weighted by Gasteiger charge is 2.04. The third kappa shape index (κ3) is 5.61. The van der Waals surface area contributed by atoms with Crippen molar-refractivity contribution in [3.05, 3.63) is 30.1 Å². The highest BCUT2D eigenvalue weighted by molar-refractivity contribution is 9.09. The van der Waals surface area contributed by atoms with Gasteiger partial charge in [0.25, 0.3) is 0 Å². The minimum absolute atomic E-state index is 0.805. The van der Waals surface area contributed by atoms with Crippen molar-refractivity contribution in [1.82, 2.24) is 9.88 Å². The first kappa shape index (κ1) is 13.7. The first-order valence-electron chi connectivity index (χ1n) is 5.85. The first-order valence-corrected chi connectivity index (χ1v) is 6.98. The molecule has 0 saturated heterocycles. The van der Waals surface area contributed by atoms with Crippen molar-refractivity contribution in [3.63, 3.8) is 0 Å². The van der Waals surface area contributed by atoms with Crippen molar-refractivity contribution in [3.8, 4) is 0 Å². The standard InChI is InChI=1S/C13H21BrN2/c1-12(3-7-14)6-10-16(2)11-13-4-8-15-9-5-13/h4-5,8-9,12H,3,6-7,10-11H2,1-2H3. The van der Waals surface area contributed by atoms with Crippen LogP contribution in [0.4, 0.5) is 0 Å². The van der Waals surface area contributed by atoms with Crippen LogP contribution in [0.25, 0.3) is 0 Å². The van der Waals surface area contributed by atoms with Gasteiger partial charge in [-0.3, -0.25) is 4.98 Å². The average Bonchev–Trinajstić information content (AvgIpc) is 2.28. The van der Waals surface area contributed by atoms with E-state index in [1.807, 2.05) is 12.4 Å². The number of aromatic nitrogens is 1. The minimum atomic E-state index is 0.805. The number of rotatable bonds is 7. The molecular formula is C13H21BrN2. The molecule has 1 atom stereocenters. The Bertz CT molecular complexity index is 277. The summed E-state index contributed by atoms with van der Waals surface area (Å²) in [6.45, 7) is 4.50. The fraction of sp³-hybridized carbons (Fsp3) is 0.615. The lowest BCUT2D eigenvalue weighted by Crippen LogP contribution is -2.20. The number of hydrogen-bond donors (Lipinski definition) is 0. The zero-order chi connectivity index (χ0) is 11.8. The molecule has 1 aromatic heterocycles. The van der Waals surface area contributed by atoms with E-state index in [1.165, 1.54) is 18.4 Å². The van der Waals surface area contributed by atoms with Crippen molar-refractivity contribution < 1.29 is 0 Å². The molecule has 0 saturated carbocycles. The van der Waals surface area contributed by atoms with Crippen LogP contribution in [0.2, 0.25) is 0 Å². The Kier molecular flexibility index (Phi) is 6.65. The van der Waals surface area contributed by atoms with Gasteiger partial charge in [0.05, 0.1) is 0 Å². The van der Waals surface area contributed by atoms with E-state index in [0.29, 0.717) is 0 Å². The number of nitrogens with zero attached hydrogens (tertiary/aromatic N) is 2. The lowest BCUT2D eigenvalue weighted by molar-refractivity contribution is 0.297. The lowest BCUT2D eigenvalue weighted by atomic mass is 10.1. The molecule has 90 valence electrons. The maximum Gasteiger partial charge on any atom is 0.0271 e. The molecule has 0 aliphatic rings. The van der Waals surface area contributed by atoms with Crippen LogP contribution in [0, 0.1) is 5.92 Å². The van der Waals surface area contributed by atoms with Crippen LogP contribution in [-0.2, 0) is 6.54 Å². The Morgan fingerprint density at radius 2 is 2.00 bits per heavy atom. The quantitative estimate of drug-likeness (QED) is 0.714. The topological polar surface area (TPSA) is 16.1 Å². The molecule has 0 radical (unpaired) electrons. The molecule has 0 amide bonds. The van der Waals surface area contributed by atoms with Crippen molar-refractivity contribution >= 4 is 15.9 Å². The van der Waals surface area contributed by atoms with Crippen LogP contribution in [0.5, 0.6) is 0 Å². The SMILES string of the molecule is CC(CCBr)CCN(C)Cc1ccncc1. The normalized spacial score (nSPS) is 13.0. The van der Waals surface area contributed by atoms with E-state index in [2.05, 4.69) is 51.9 Å². The third-order valence-electron chi connectivity index (χ3n) is 2.81. The monoisotopic (exact) mass is 284 g/mol. The van der Waals surface area contributed by atoms with E-state index >= 15 is 0 Å². The molecule has 1 unspecified atom stereocenters. The third-order valence-corrected chi connectivity index (χ3v) is 3.27. The molecule has 16 heavy (non-hydrogen) atoms. The number of hydrogen-bond acceptors (Lipinski definition) is 2. The van der Waals surface area contributed by atoms with E-state index in [1.54, 1.807) is 0 Å². The summed E-state index contributed by atoms with van der Waals surface area (Å²) in [4.78, 5) is 6.40. The summed E-state index contributed by atoms with van der Waals surface area (Å²) in [6.07, 6.45) is 6.25. The molecule has 0 bridgehead atoms. The Labute approximate surface area is 107 Å². The maximum absolute atomic E-state index is 4.03. The highest BCUT2D eigenvalue weighted by atomic mass is 79.9. The second-order valence-electron chi connectivity index (χ2n) is 4.46. The smallest absolute Gasteiger partial charge is 0.0271 e. The van der Waals surface area contributed by atoms with Gasteiger partial charge in [0.1, 0.15) is 0 Å². The number of pyridine rings is 1. The summed E-state index contributed by atoms with van der Waals surface area (Å²) >= 11 is 3.49. The van der Waals surface area contributed by atoms with Gasteiger partial charge in [-0.1, -0.05) is 22.9 Å². The predicted molar refractivity (Wildman–Crippen MR) is 72.8 cm³/mol. The summed E-state index contributed by atoms with van der Waals surface area (Å²) in [6, 6.07) is 4.16. The van der Waals surface area contributed by atoms with Gasteiger partial charge in [-0.2, -0.15) is 0 Å². The Morgan fingerprint density at radius 3 is 2.62 bits per heavy atom. The summed E-state index contributed by atoms with van der Waals surface area (Å²) < 4.78 is 0. The van der Waals surface area contributed by atoms with Crippen LogP contribution in [0.1, 0.15) is 25.3 Å². The zero-order valence-electron chi connectivity index (χ0n) is 10.2. The van der Waals surface area contributed by atoms with Gasteiger partial charge >= 0.3 is 0 Å². The lowest BCUT2D eigenvalue weighted by Gasteiger charge is -2.18. The molecule has 3 heteroatoms. The Hall–Kier alpha value is -0.410. The van der Waals surface area contributed by atoms with Crippen LogP contribution in [0.15, 0.2) is 24.5 Å². The van der Waals surface area contributed by atoms with Crippen molar-refractivity contribution in [2.75, 3.05) is 18.9 Å². The Morgan fingerprint density at radius 1 is 1.31 bits per heavy atom. The molecule has 1 heterocycles. The fourth-order valence-corrected chi connectivity index (χ4v) is 2.43. The van der Waals surface area contributed by atoms with Crippen molar-refractivity contribution in [2.45, 2.75) is 26.3 Å². The summed E-state index contributed by atoms with van der Waals surface area (Å²) in [5.41, 5.74) is 1.34. The van der Waals surface area contributed by atoms with E-state index in [4.69, 9.17) is 0 Å². The van der Waals surface area contributed by atoms with Gasteiger partial charge in [0, 0.05) is 24.3 Å². The van der Waals surface area contributed by atoms with Crippen LogP contribution in [0.3, 0.4) is 0 Å². The predicted octanol–water partition coefficient (Wildman–Crippen LogP) is 3.32. The molecule has 1 rings (SSSR count). The molecule has 0 spiro atoms. The summed E-state index contributed by atoms with van der Waals surface area (Å²) in [5, 5.41) is 1.11. The molecule has 0 N–H and O–H groups in total. The highest BCUT2D eigenvalue weighted by Crippen LogP contribution is 2.10. The number of halogens is 1. The fourth-order valence-electron chi connectivity index (χ4n) is 1.65. The van der Waals surface area contributed by atoms with E-state index < -0.39 is 0 Å². The van der Waals surface area contributed by atoms with Gasteiger partial charge < -0.3 is 4.90 Å². The molecular weight excluding hydrogens is 264 g/mol. The Balaban J connectivity index is 2.23. The molecule has 1 aromatic rings. The molecule has 0 aromatic carbocycles. The summed E-state index contributed by atoms with van der Waals surface area (Å²) in [5.74, 6) is 0.805. The molecule has 2 nitrogen and oxygen atoms in total. The van der Waals surface area contributed by atoms with Gasteiger partial charge in [-0.25, -0.2) is 0 Å². The first-order chi connectivity index (χ1) is 7.72. The van der Waals surface area contributed by atoms with Crippen LogP contribution < -0.4 is 0 Å². The van der Waals surface area contributed by atoms with Gasteiger partial charge in [0.2, 0.25) is 0 Å². The van der Waals surface area contributed by atoms with E-state index in [9.17, 15) is 0 Å². The van der Waals surface area contributed by atoms with Gasteiger partial charge in [-0.15, -0.1) is 0 Å². The van der Waals surface area contributed by atoms with Gasteiger partial charge in [-0.05, 0) is 50.0 Å². The van der Waals surface area contributed by atoms with Crippen molar-refractivity contribution in [2.24, 2.45) is 5.92 Å². The molecule has 0 fully saturated rings. The second kappa shape index (κ2) is 7.80. The van der Waals surface area contributed by atoms with Crippen molar-refractivity contribution in [1.29, 1.82) is 0 Å². The molecule has 0 aliphatic carbocycles. The summed E-state index contributed by atoms with van der Waals surface area (Å²) in [7, 11) is 2.18. The minimum Gasteiger partial charge on any atom is -0.302 e. The second-order valence-corrected chi connectivity index (χ2v) is 5.26. The van der Waals surface area contributed by atoms with Crippen LogP contribution >= 0.6 is 15.9 Å². The number of alkyl halides is 1. The van der Waals surface area contributed by atoms with Gasteiger partial charge in [0.15, 0.2) is 0 Å². The zero-order valence-corrected chi connectivity index (χ0v) is 11.8. The van der Waals surface area contributed by atoms with E-state index in [-0.39, 0.29) is 0 Å². The van der Waals surface area contributed by atoms with Crippen LogP contribution in [-0.4, -0.2) is 28.8 Å². The molecule has 0 aliphatic heterocycles. The average molecular weight is 285 g/mol.